The first-order valence-corrected chi connectivity index (χ1v) is 6.31. The molecule has 98 valence electrons. The molecular formula is C15H13ClFNO. The van der Waals surface area contributed by atoms with E-state index in [0.29, 0.717) is 23.6 Å². The van der Waals surface area contributed by atoms with Crippen molar-refractivity contribution in [2.75, 3.05) is 6.54 Å². The van der Waals surface area contributed by atoms with Gasteiger partial charge >= 0.3 is 0 Å². The lowest BCUT2D eigenvalue weighted by molar-refractivity contribution is 0.0954. The van der Waals surface area contributed by atoms with Crippen molar-refractivity contribution in [3.8, 4) is 0 Å². The van der Waals surface area contributed by atoms with E-state index in [0.717, 1.165) is 5.56 Å². The monoisotopic (exact) mass is 277 g/mol. The summed E-state index contributed by atoms with van der Waals surface area (Å²) in [7, 11) is 0. The van der Waals surface area contributed by atoms with Crippen LogP contribution >= 0.6 is 11.6 Å². The summed E-state index contributed by atoms with van der Waals surface area (Å²) in [5, 5.41) is 3.46. The molecule has 1 N–H and O–H groups in total. The average Bonchev–Trinajstić information content (AvgIpc) is 2.39. The van der Waals surface area contributed by atoms with Crippen molar-refractivity contribution in [3.63, 3.8) is 0 Å². The number of carbonyl (C=O) groups is 1. The topological polar surface area (TPSA) is 29.1 Å². The zero-order valence-electron chi connectivity index (χ0n) is 10.2. The van der Waals surface area contributed by atoms with E-state index >= 15 is 0 Å². The summed E-state index contributed by atoms with van der Waals surface area (Å²) in [6.45, 7) is 0.510. The maximum Gasteiger partial charge on any atom is 0.251 e. The van der Waals surface area contributed by atoms with E-state index in [2.05, 4.69) is 5.32 Å². The van der Waals surface area contributed by atoms with Crippen LogP contribution in [0, 0.1) is 5.82 Å². The molecule has 0 aromatic heterocycles. The highest BCUT2D eigenvalue weighted by atomic mass is 35.5. The SMILES string of the molecule is O=C(NCCc1cccc(Cl)c1)c1ccc(F)cc1. The minimum Gasteiger partial charge on any atom is -0.352 e. The van der Waals surface area contributed by atoms with E-state index in [1.54, 1.807) is 0 Å². The Labute approximate surface area is 116 Å². The van der Waals surface area contributed by atoms with Crippen LogP contribution in [0.3, 0.4) is 0 Å². The number of benzene rings is 2. The Kier molecular flexibility index (Phi) is 4.53. The molecule has 0 atom stereocenters. The Balaban J connectivity index is 1.86. The van der Waals surface area contributed by atoms with Gasteiger partial charge in [0.05, 0.1) is 0 Å². The summed E-state index contributed by atoms with van der Waals surface area (Å²) in [5.41, 5.74) is 1.51. The molecule has 0 radical (unpaired) electrons. The van der Waals surface area contributed by atoms with Crippen LogP contribution in [-0.2, 0) is 6.42 Å². The maximum absolute atomic E-state index is 12.7. The molecule has 0 aliphatic heterocycles. The van der Waals surface area contributed by atoms with E-state index < -0.39 is 0 Å². The molecule has 0 aliphatic rings. The van der Waals surface area contributed by atoms with Crippen LogP contribution in [0.15, 0.2) is 48.5 Å². The standard InChI is InChI=1S/C15H13ClFNO/c16-13-3-1-2-11(10-13)8-9-18-15(19)12-4-6-14(17)7-5-12/h1-7,10H,8-9H2,(H,18,19). The predicted octanol–water partition coefficient (Wildman–Crippen LogP) is 3.45. The second kappa shape index (κ2) is 6.34. The third-order valence-electron chi connectivity index (χ3n) is 2.69. The van der Waals surface area contributed by atoms with Gasteiger partial charge in [0.1, 0.15) is 5.82 Å². The highest BCUT2D eigenvalue weighted by Crippen LogP contribution is 2.10. The van der Waals surface area contributed by atoms with Gasteiger partial charge in [-0.15, -0.1) is 0 Å². The van der Waals surface area contributed by atoms with Gasteiger partial charge in [0.2, 0.25) is 0 Å². The van der Waals surface area contributed by atoms with Crippen LogP contribution in [0.2, 0.25) is 5.02 Å². The summed E-state index contributed by atoms with van der Waals surface area (Å²) >= 11 is 5.87. The number of nitrogens with one attached hydrogen (secondary N) is 1. The van der Waals surface area contributed by atoms with Gasteiger partial charge in [-0.2, -0.15) is 0 Å². The lowest BCUT2D eigenvalue weighted by Gasteiger charge is -2.05. The third-order valence-corrected chi connectivity index (χ3v) is 2.93. The van der Waals surface area contributed by atoms with Crippen molar-refractivity contribution in [1.29, 1.82) is 0 Å². The van der Waals surface area contributed by atoms with Gasteiger partial charge in [0, 0.05) is 17.1 Å². The Bertz CT molecular complexity index is 569. The van der Waals surface area contributed by atoms with Crippen LogP contribution < -0.4 is 5.32 Å². The highest BCUT2D eigenvalue weighted by molar-refractivity contribution is 6.30. The average molecular weight is 278 g/mol. The highest BCUT2D eigenvalue weighted by Gasteiger charge is 2.04. The summed E-state index contributed by atoms with van der Waals surface area (Å²) in [4.78, 5) is 11.8. The lowest BCUT2D eigenvalue weighted by Crippen LogP contribution is -2.25. The first-order valence-electron chi connectivity index (χ1n) is 5.93. The van der Waals surface area contributed by atoms with E-state index in [1.807, 2.05) is 24.3 Å². The molecule has 2 nitrogen and oxygen atoms in total. The summed E-state index contributed by atoms with van der Waals surface area (Å²) in [6, 6.07) is 13.0. The molecule has 2 aromatic rings. The van der Waals surface area contributed by atoms with Crippen molar-refractivity contribution in [2.45, 2.75) is 6.42 Å². The van der Waals surface area contributed by atoms with Crippen molar-refractivity contribution >= 4 is 17.5 Å². The zero-order chi connectivity index (χ0) is 13.7. The van der Waals surface area contributed by atoms with Gasteiger partial charge in [-0.3, -0.25) is 4.79 Å². The molecule has 1 amide bonds. The minimum atomic E-state index is -0.351. The quantitative estimate of drug-likeness (QED) is 0.911. The molecule has 0 unspecified atom stereocenters. The fraction of sp³-hybridized carbons (Fsp3) is 0.133. The molecule has 0 saturated carbocycles. The van der Waals surface area contributed by atoms with Crippen molar-refractivity contribution in [2.24, 2.45) is 0 Å². The van der Waals surface area contributed by atoms with Gasteiger partial charge in [0.25, 0.3) is 5.91 Å². The van der Waals surface area contributed by atoms with Gasteiger partial charge < -0.3 is 5.32 Å². The Morgan fingerprint density at radius 3 is 2.58 bits per heavy atom. The molecule has 0 spiro atoms. The molecule has 0 heterocycles. The molecule has 19 heavy (non-hydrogen) atoms. The number of halogens is 2. The minimum absolute atomic E-state index is 0.206. The van der Waals surface area contributed by atoms with E-state index in [9.17, 15) is 9.18 Å². The smallest absolute Gasteiger partial charge is 0.251 e. The molecule has 0 saturated heterocycles. The molecule has 2 aromatic carbocycles. The summed E-state index contributed by atoms with van der Waals surface area (Å²) < 4.78 is 12.7. The molecule has 4 heteroatoms. The summed E-state index contributed by atoms with van der Waals surface area (Å²) in [5.74, 6) is -0.558. The van der Waals surface area contributed by atoms with Crippen molar-refractivity contribution < 1.29 is 9.18 Å². The molecule has 0 bridgehead atoms. The fourth-order valence-corrected chi connectivity index (χ4v) is 1.93. The zero-order valence-corrected chi connectivity index (χ0v) is 11.0. The summed E-state index contributed by atoms with van der Waals surface area (Å²) in [6.07, 6.45) is 0.702. The number of hydrogen-bond donors (Lipinski definition) is 1. The maximum atomic E-state index is 12.7. The second-order valence-corrected chi connectivity index (χ2v) is 4.58. The second-order valence-electron chi connectivity index (χ2n) is 4.14. The van der Waals surface area contributed by atoms with E-state index in [-0.39, 0.29) is 11.7 Å². The van der Waals surface area contributed by atoms with Crippen molar-refractivity contribution in [1.82, 2.24) is 5.32 Å². The first kappa shape index (κ1) is 13.6. The van der Waals surface area contributed by atoms with Crippen LogP contribution in [0.1, 0.15) is 15.9 Å². The number of hydrogen-bond acceptors (Lipinski definition) is 1. The normalized spacial score (nSPS) is 10.2. The van der Waals surface area contributed by atoms with Crippen LogP contribution in [0.5, 0.6) is 0 Å². The number of amides is 1. The predicted molar refractivity (Wildman–Crippen MR) is 73.9 cm³/mol. The first-order chi connectivity index (χ1) is 9.15. The third kappa shape index (κ3) is 4.07. The van der Waals surface area contributed by atoms with Crippen LogP contribution in [0.25, 0.3) is 0 Å². The molecule has 0 aliphatic carbocycles. The number of rotatable bonds is 4. The lowest BCUT2D eigenvalue weighted by atomic mass is 10.1. The van der Waals surface area contributed by atoms with Crippen LogP contribution in [0.4, 0.5) is 4.39 Å². The van der Waals surface area contributed by atoms with Gasteiger partial charge in [0.15, 0.2) is 0 Å². The molecule has 0 fully saturated rings. The Morgan fingerprint density at radius 1 is 1.16 bits per heavy atom. The molecule has 2 rings (SSSR count). The van der Waals surface area contributed by atoms with Gasteiger partial charge in [-0.25, -0.2) is 4.39 Å². The largest absolute Gasteiger partial charge is 0.352 e. The number of carbonyl (C=O) groups excluding carboxylic acids is 1. The Morgan fingerprint density at radius 2 is 1.89 bits per heavy atom. The van der Waals surface area contributed by atoms with Crippen molar-refractivity contribution in [3.05, 3.63) is 70.5 Å². The van der Waals surface area contributed by atoms with E-state index in [4.69, 9.17) is 11.6 Å². The molecular weight excluding hydrogens is 265 g/mol. The fourth-order valence-electron chi connectivity index (χ4n) is 1.72. The Hall–Kier alpha value is -1.87. The van der Waals surface area contributed by atoms with E-state index in [1.165, 1.54) is 24.3 Å². The van der Waals surface area contributed by atoms with Gasteiger partial charge in [-0.05, 0) is 48.4 Å². The van der Waals surface area contributed by atoms with Crippen LogP contribution in [-0.4, -0.2) is 12.5 Å². The van der Waals surface area contributed by atoms with Gasteiger partial charge in [-0.1, -0.05) is 23.7 Å².